The van der Waals surface area contributed by atoms with Crippen molar-refractivity contribution in [3.05, 3.63) is 103 Å². The van der Waals surface area contributed by atoms with Gasteiger partial charge in [0.15, 0.2) is 5.82 Å². The molecular weight excluding hydrogens is 623 g/mol. The van der Waals surface area contributed by atoms with Gasteiger partial charge in [-0.25, -0.2) is 15.0 Å². The predicted octanol–water partition coefficient (Wildman–Crippen LogP) is 11.3. The quantitative estimate of drug-likeness (QED) is 0.189. The van der Waals surface area contributed by atoms with E-state index in [0.29, 0.717) is 0 Å². The lowest BCUT2D eigenvalue weighted by Crippen LogP contribution is -2.51. The van der Waals surface area contributed by atoms with Crippen LogP contribution in [0.15, 0.2) is 95.4 Å². The fourth-order valence-corrected chi connectivity index (χ4v) is 14.4. The van der Waals surface area contributed by atoms with Crippen molar-refractivity contribution in [3.63, 3.8) is 0 Å². The highest BCUT2D eigenvalue weighted by Crippen LogP contribution is 2.78. The molecule has 4 aromatic carbocycles. The highest BCUT2D eigenvalue weighted by molar-refractivity contribution is 6.18. The Balaban J connectivity index is 1.06. The molecule has 14 rings (SSSR count). The minimum absolute atomic E-state index is 0.123. The number of para-hydroxylation sites is 1. The van der Waals surface area contributed by atoms with Crippen LogP contribution in [-0.4, -0.2) is 15.0 Å². The van der Waals surface area contributed by atoms with Gasteiger partial charge in [0, 0.05) is 27.2 Å². The normalized spacial score (nSPS) is 36.4. The third-order valence-corrected chi connectivity index (χ3v) is 15.8. The summed E-state index contributed by atoms with van der Waals surface area (Å²) in [6.45, 7) is 0. The summed E-state index contributed by atoms with van der Waals surface area (Å²) in [5.74, 6) is 10.2. The standard InChI is InChI=1S/C47H43N3O/c1-3-9-35-33(7-1)34-8-2-4-10-36(34)38-14-13-29(20-40(38)51-39-12-6-5-11-37(35)39)43-48-44(46-21-26-15-27(22-46)17-28(16-26)23-46)50-45(49-43)47-24-31-18-30-19-32(25-47)42(47)41(30)31/h1-14,20,26-28,30-32,41-42H,15-19,21-25H2/t26-,27+,28?,30-,31-,32?,41+,42?,46?,47?/m0/s1. The van der Waals surface area contributed by atoms with Crippen LogP contribution in [0, 0.1) is 47.3 Å². The van der Waals surface area contributed by atoms with Gasteiger partial charge in [0.05, 0.1) is 0 Å². The van der Waals surface area contributed by atoms with Gasteiger partial charge in [0.25, 0.3) is 0 Å². The lowest BCUT2D eigenvalue weighted by Gasteiger charge is -2.56. The smallest absolute Gasteiger partial charge is 0.163 e. The van der Waals surface area contributed by atoms with E-state index >= 15 is 0 Å². The molecular formula is C47H43N3O. The van der Waals surface area contributed by atoms with E-state index in [9.17, 15) is 0 Å². The maximum absolute atomic E-state index is 7.03. The summed E-state index contributed by atoms with van der Waals surface area (Å²) < 4.78 is 7.03. The number of fused-ring (bicyclic) bond motifs is 7. The van der Waals surface area contributed by atoms with Crippen LogP contribution in [-0.2, 0) is 10.8 Å². The van der Waals surface area contributed by atoms with Crippen molar-refractivity contribution < 1.29 is 4.42 Å². The molecule has 0 spiro atoms. The summed E-state index contributed by atoms with van der Waals surface area (Å²) >= 11 is 0. The second kappa shape index (κ2) is 9.76. The second-order valence-corrected chi connectivity index (χ2v) is 18.3. The van der Waals surface area contributed by atoms with E-state index < -0.39 is 0 Å². The molecule has 2 aromatic heterocycles. The van der Waals surface area contributed by atoms with Crippen molar-refractivity contribution in [2.24, 2.45) is 47.3 Å². The fraction of sp³-hybridized carbons (Fsp3) is 0.426. The topological polar surface area (TPSA) is 51.8 Å². The molecule has 0 saturated heterocycles. The van der Waals surface area contributed by atoms with Gasteiger partial charge in [-0.3, -0.25) is 0 Å². The van der Waals surface area contributed by atoms with E-state index in [1.807, 2.05) is 0 Å². The van der Waals surface area contributed by atoms with Crippen LogP contribution in [0.25, 0.3) is 54.9 Å². The van der Waals surface area contributed by atoms with Crippen LogP contribution in [0.1, 0.15) is 75.9 Å². The van der Waals surface area contributed by atoms with Crippen molar-refractivity contribution in [2.45, 2.75) is 75.0 Å². The summed E-state index contributed by atoms with van der Waals surface area (Å²) in [7, 11) is 0. The first-order valence-electron chi connectivity index (χ1n) is 20.0. The number of hydrogen-bond donors (Lipinski definition) is 0. The van der Waals surface area contributed by atoms with Gasteiger partial charge in [0.2, 0.25) is 0 Å². The number of benzene rings is 4. The predicted molar refractivity (Wildman–Crippen MR) is 203 cm³/mol. The molecule has 3 unspecified atom stereocenters. The Bertz CT molecular complexity index is 2490. The minimum atomic E-state index is 0.123. The lowest BCUT2D eigenvalue weighted by atomic mass is 9.49. The Kier molecular flexibility index (Phi) is 5.42. The van der Waals surface area contributed by atoms with Crippen LogP contribution < -0.4 is 0 Å². The van der Waals surface area contributed by atoms with E-state index in [0.717, 1.165) is 92.3 Å². The van der Waals surface area contributed by atoms with Crippen LogP contribution in [0.2, 0.25) is 0 Å². The van der Waals surface area contributed by atoms with Crippen LogP contribution in [0.5, 0.6) is 0 Å². The molecule has 6 aromatic rings. The summed E-state index contributed by atoms with van der Waals surface area (Å²) in [6, 6.07) is 32.8. The zero-order valence-corrected chi connectivity index (χ0v) is 29.1. The number of rotatable bonds is 3. The maximum Gasteiger partial charge on any atom is 0.163 e. The molecule has 51 heavy (non-hydrogen) atoms. The van der Waals surface area contributed by atoms with Gasteiger partial charge in [0.1, 0.15) is 22.8 Å². The number of hydrogen-bond acceptors (Lipinski definition) is 4. The first-order valence-corrected chi connectivity index (χ1v) is 20.0. The van der Waals surface area contributed by atoms with Gasteiger partial charge in [-0.15, -0.1) is 0 Å². The summed E-state index contributed by atoms with van der Waals surface area (Å²) in [5, 5.41) is 7.02. The maximum atomic E-state index is 7.03. The number of nitrogens with zero attached hydrogens (tertiary/aromatic N) is 3. The molecule has 0 aliphatic heterocycles. The molecule has 4 heteroatoms. The average molecular weight is 666 g/mol. The Morgan fingerprint density at radius 1 is 0.490 bits per heavy atom. The SMILES string of the molecule is c1ccc2c(c1)oc1cc(-c3nc(C45CC6C[C@H](C4)C[C@@H](C6)C5)nc(C45CC6C[C@@H]7C[C@@H](C4)[C@@H]7C65)n3)ccc1c1ccccc1c1ccccc21. The van der Waals surface area contributed by atoms with Crippen molar-refractivity contribution in [3.8, 4) is 11.4 Å². The molecule has 8 fully saturated rings. The zero-order valence-electron chi connectivity index (χ0n) is 29.1. The molecule has 0 N–H and O–H groups in total. The van der Waals surface area contributed by atoms with Crippen LogP contribution >= 0.6 is 0 Å². The Morgan fingerprint density at radius 2 is 1.06 bits per heavy atom. The Hall–Kier alpha value is -4.31. The first-order chi connectivity index (χ1) is 25.1. The van der Waals surface area contributed by atoms with E-state index in [2.05, 4.69) is 91.0 Å². The van der Waals surface area contributed by atoms with Crippen molar-refractivity contribution >= 4 is 43.5 Å². The van der Waals surface area contributed by atoms with Gasteiger partial charge in [-0.1, -0.05) is 72.8 Å². The van der Waals surface area contributed by atoms with Gasteiger partial charge >= 0.3 is 0 Å². The highest BCUT2D eigenvalue weighted by Gasteiger charge is 2.74. The molecule has 6 atom stereocenters. The second-order valence-electron chi connectivity index (χ2n) is 18.3. The molecule has 8 aliphatic rings. The largest absolute Gasteiger partial charge is 0.456 e. The third kappa shape index (κ3) is 3.74. The molecule has 4 bridgehead atoms. The average Bonchev–Trinajstić information content (AvgIpc) is 3.50. The summed E-state index contributed by atoms with van der Waals surface area (Å²) in [6.07, 6.45) is 13.6. The zero-order chi connectivity index (χ0) is 33.1. The molecule has 0 amide bonds. The van der Waals surface area contributed by atoms with Crippen molar-refractivity contribution in [2.75, 3.05) is 0 Å². The van der Waals surface area contributed by atoms with Gasteiger partial charge < -0.3 is 4.42 Å². The number of aromatic nitrogens is 3. The van der Waals surface area contributed by atoms with Crippen molar-refractivity contribution in [1.82, 2.24) is 15.0 Å². The Morgan fingerprint density at radius 3 is 1.76 bits per heavy atom. The molecule has 2 heterocycles. The van der Waals surface area contributed by atoms with E-state index in [1.165, 1.54) is 85.8 Å². The molecule has 4 nitrogen and oxygen atoms in total. The third-order valence-electron chi connectivity index (χ3n) is 15.8. The summed E-state index contributed by atoms with van der Waals surface area (Å²) in [4.78, 5) is 16.9. The van der Waals surface area contributed by atoms with Crippen LogP contribution in [0.3, 0.4) is 0 Å². The fourth-order valence-electron chi connectivity index (χ4n) is 14.4. The van der Waals surface area contributed by atoms with Gasteiger partial charge in [-0.2, -0.15) is 0 Å². The monoisotopic (exact) mass is 665 g/mol. The lowest BCUT2D eigenvalue weighted by molar-refractivity contribution is -0.0103. The Labute approximate surface area is 298 Å². The molecule has 8 saturated carbocycles. The van der Waals surface area contributed by atoms with E-state index in [-0.39, 0.29) is 10.8 Å². The molecule has 252 valence electrons. The van der Waals surface area contributed by atoms with Crippen LogP contribution in [0.4, 0.5) is 0 Å². The van der Waals surface area contributed by atoms with E-state index in [4.69, 9.17) is 19.4 Å². The highest BCUT2D eigenvalue weighted by atomic mass is 16.3. The van der Waals surface area contributed by atoms with Gasteiger partial charge in [-0.05, 0) is 151 Å². The van der Waals surface area contributed by atoms with E-state index in [1.54, 1.807) is 0 Å². The minimum Gasteiger partial charge on any atom is -0.456 e. The van der Waals surface area contributed by atoms with Crippen molar-refractivity contribution in [1.29, 1.82) is 0 Å². The molecule has 0 radical (unpaired) electrons. The first kappa shape index (κ1) is 28.3. The summed E-state index contributed by atoms with van der Waals surface area (Å²) in [5.41, 5.74) is 3.07. The molecule has 8 aliphatic carbocycles.